The van der Waals surface area contributed by atoms with E-state index in [1.807, 2.05) is 38.1 Å². The summed E-state index contributed by atoms with van der Waals surface area (Å²) >= 11 is 5.82. The van der Waals surface area contributed by atoms with Crippen molar-refractivity contribution in [2.24, 2.45) is 0 Å². The van der Waals surface area contributed by atoms with Crippen molar-refractivity contribution in [3.8, 4) is 5.75 Å². The average Bonchev–Trinajstić information content (AvgIpc) is 2.50. The molecule has 0 atom stereocenters. The summed E-state index contributed by atoms with van der Waals surface area (Å²) in [4.78, 5) is 12.2. The predicted octanol–water partition coefficient (Wildman–Crippen LogP) is 4.94. The monoisotopic (exact) mass is 315 g/mol. The molecule has 2 aromatic carbocycles. The first-order valence-corrected chi connectivity index (χ1v) is 7.45. The van der Waals surface area contributed by atoms with Gasteiger partial charge < -0.3 is 10.1 Å². The summed E-state index contributed by atoms with van der Waals surface area (Å²) in [6.07, 6.45) is 1.56. The molecule has 0 saturated carbocycles. The van der Waals surface area contributed by atoms with Crippen molar-refractivity contribution in [3.63, 3.8) is 0 Å². The van der Waals surface area contributed by atoms with Crippen LogP contribution in [0.3, 0.4) is 0 Å². The molecule has 0 heterocycles. The molecular weight excluding hydrogens is 298 g/mol. The van der Waals surface area contributed by atoms with Crippen molar-refractivity contribution in [2.75, 3.05) is 11.9 Å². The molecule has 0 aliphatic carbocycles. The first-order valence-electron chi connectivity index (χ1n) is 7.07. The third kappa shape index (κ3) is 4.37. The van der Waals surface area contributed by atoms with Crippen molar-refractivity contribution >= 4 is 23.1 Å². The molecule has 0 spiro atoms. The molecule has 0 aromatic heterocycles. The number of allylic oxidation sites excluding steroid dienone is 2. The Balaban J connectivity index is 2.13. The van der Waals surface area contributed by atoms with Crippen LogP contribution in [-0.2, 0) is 0 Å². The molecule has 0 aliphatic rings. The number of halogens is 1. The van der Waals surface area contributed by atoms with E-state index in [0.717, 1.165) is 17.1 Å². The van der Waals surface area contributed by atoms with Crippen LogP contribution in [0.25, 0.3) is 0 Å². The molecule has 0 amide bonds. The molecule has 0 fully saturated rings. The Kier molecular flexibility index (Phi) is 5.61. The lowest BCUT2D eigenvalue weighted by Gasteiger charge is -2.12. The van der Waals surface area contributed by atoms with Gasteiger partial charge in [0.15, 0.2) is 5.78 Å². The molecule has 22 heavy (non-hydrogen) atoms. The molecule has 1 N–H and O–H groups in total. The van der Waals surface area contributed by atoms with E-state index in [-0.39, 0.29) is 5.78 Å². The fraction of sp³-hybridized carbons (Fsp3) is 0.167. The fourth-order valence-corrected chi connectivity index (χ4v) is 2.12. The highest BCUT2D eigenvalue weighted by molar-refractivity contribution is 6.30. The zero-order valence-corrected chi connectivity index (χ0v) is 13.4. The lowest BCUT2D eigenvalue weighted by Crippen LogP contribution is -2.03. The van der Waals surface area contributed by atoms with Gasteiger partial charge in [0.05, 0.1) is 12.3 Å². The van der Waals surface area contributed by atoms with E-state index < -0.39 is 0 Å². The van der Waals surface area contributed by atoms with E-state index in [2.05, 4.69) is 5.32 Å². The second-order valence-corrected chi connectivity index (χ2v) is 5.19. The van der Waals surface area contributed by atoms with Crippen LogP contribution in [0.15, 0.2) is 60.3 Å². The van der Waals surface area contributed by atoms with Crippen LogP contribution in [0.5, 0.6) is 5.75 Å². The van der Waals surface area contributed by atoms with Crippen LogP contribution in [0.2, 0.25) is 5.02 Å². The van der Waals surface area contributed by atoms with Crippen LogP contribution in [0.1, 0.15) is 24.2 Å². The Bertz CT molecular complexity index is 678. The number of hydrogen-bond donors (Lipinski definition) is 1. The number of para-hydroxylation sites is 2. The van der Waals surface area contributed by atoms with Crippen molar-refractivity contribution in [3.05, 3.63) is 70.9 Å². The minimum atomic E-state index is -0.0736. The standard InChI is InChI=1S/C18H18ClNO2/c1-3-22-18-7-5-4-6-16(18)20-13(2)12-17(21)14-8-10-15(19)11-9-14/h4-12,20H,3H2,1-2H3. The fourth-order valence-electron chi connectivity index (χ4n) is 1.99. The second-order valence-electron chi connectivity index (χ2n) is 4.75. The van der Waals surface area contributed by atoms with E-state index in [1.54, 1.807) is 30.3 Å². The van der Waals surface area contributed by atoms with Crippen molar-refractivity contribution in [1.29, 1.82) is 0 Å². The van der Waals surface area contributed by atoms with E-state index >= 15 is 0 Å². The zero-order chi connectivity index (χ0) is 15.9. The number of anilines is 1. The highest BCUT2D eigenvalue weighted by Crippen LogP contribution is 2.25. The molecule has 4 heteroatoms. The SMILES string of the molecule is CCOc1ccccc1NC(C)=CC(=O)c1ccc(Cl)cc1. The van der Waals surface area contributed by atoms with Crippen LogP contribution < -0.4 is 10.1 Å². The quantitative estimate of drug-likeness (QED) is 0.606. The maximum absolute atomic E-state index is 12.2. The Morgan fingerprint density at radius 3 is 2.55 bits per heavy atom. The van der Waals surface area contributed by atoms with E-state index in [4.69, 9.17) is 16.3 Å². The van der Waals surface area contributed by atoms with Gasteiger partial charge in [0.2, 0.25) is 0 Å². The minimum Gasteiger partial charge on any atom is -0.492 e. The summed E-state index contributed by atoms with van der Waals surface area (Å²) in [7, 11) is 0. The van der Waals surface area contributed by atoms with Gasteiger partial charge in [0, 0.05) is 22.4 Å². The Morgan fingerprint density at radius 1 is 1.18 bits per heavy atom. The van der Waals surface area contributed by atoms with Gasteiger partial charge in [-0.1, -0.05) is 23.7 Å². The van der Waals surface area contributed by atoms with Crippen LogP contribution in [-0.4, -0.2) is 12.4 Å². The lowest BCUT2D eigenvalue weighted by molar-refractivity contribution is 0.104. The number of carbonyl (C=O) groups excluding carboxylic acids is 1. The summed E-state index contributed by atoms with van der Waals surface area (Å²) in [5.41, 5.74) is 2.18. The summed E-state index contributed by atoms with van der Waals surface area (Å²) < 4.78 is 5.55. The molecule has 0 aliphatic heterocycles. The number of carbonyl (C=O) groups is 1. The number of ketones is 1. The first kappa shape index (κ1) is 16.1. The van der Waals surface area contributed by atoms with Gasteiger partial charge >= 0.3 is 0 Å². The molecule has 0 radical (unpaired) electrons. The summed E-state index contributed by atoms with van der Waals surface area (Å²) in [5.74, 6) is 0.687. The maximum Gasteiger partial charge on any atom is 0.187 e. The topological polar surface area (TPSA) is 38.3 Å². The third-order valence-corrected chi connectivity index (χ3v) is 3.25. The summed E-state index contributed by atoms with van der Waals surface area (Å²) in [6, 6.07) is 14.5. The largest absolute Gasteiger partial charge is 0.492 e. The van der Waals surface area contributed by atoms with E-state index in [9.17, 15) is 4.79 Å². The average molecular weight is 316 g/mol. The van der Waals surface area contributed by atoms with Gasteiger partial charge in [-0.15, -0.1) is 0 Å². The van der Waals surface area contributed by atoms with E-state index in [0.29, 0.717) is 17.2 Å². The molecule has 2 rings (SSSR count). The molecule has 0 bridgehead atoms. The zero-order valence-electron chi connectivity index (χ0n) is 12.6. The molecule has 0 unspecified atom stereocenters. The number of hydrogen-bond acceptors (Lipinski definition) is 3. The van der Waals surface area contributed by atoms with Gasteiger partial charge in [-0.05, 0) is 50.2 Å². The third-order valence-electron chi connectivity index (χ3n) is 3.00. The highest BCUT2D eigenvalue weighted by atomic mass is 35.5. The van der Waals surface area contributed by atoms with Gasteiger partial charge in [0.1, 0.15) is 5.75 Å². The normalized spacial score (nSPS) is 11.1. The number of nitrogens with one attached hydrogen (secondary N) is 1. The lowest BCUT2D eigenvalue weighted by atomic mass is 10.1. The summed E-state index contributed by atoms with van der Waals surface area (Å²) in [5, 5.41) is 3.81. The molecule has 3 nitrogen and oxygen atoms in total. The number of ether oxygens (including phenoxy) is 1. The molecule has 0 saturated heterocycles. The van der Waals surface area contributed by atoms with Gasteiger partial charge in [-0.25, -0.2) is 0 Å². The van der Waals surface area contributed by atoms with Crippen molar-refractivity contribution < 1.29 is 9.53 Å². The van der Waals surface area contributed by atoms with Crippen LogP contribution >= 0.6 is 11.6 Å². The smallest absolute Gasteiger partial charge is 0.187 e. The van der Waals surface area contributed by atoms with E-state index in [1.165, 1.54) is 0 Å². The molecular formula is C18H18ClNO2. The summed E-state index contributed by atoms with van der Waals surface area (Å²) in [6.45, 7) is 4.37. The Hall–Kier alpha value is -2.26. The highest BCUT2D eigenvalue weighted by Gasteiger charge is 2.05. The Morgan fingerprint density at radius 2 is 1.86 bits per heavy atom. The minimum absolute atomic E-state index is 0.0736. The van der Waals surface area contributed by atoms with Gasteiger partial charge in [-0.2, -0.15) is 0 Å². The first-order chi connectivity index (χ1) is 10.6. The predicted molar refractivity (Wildman–Crippen MR) is 90.8 cm³/mol. The van der Waals surface area contributed by atoms with Gasteiger partial charge in [-0.3, -0.25) is 4.79 Å². The number of benzene rings is 2. The molecule has 2 aromatic rings. The Labute approximate surface area is 135 Å². The maximum atomic E-state index is 12.2. The van der Waals surface area contributed by atoms with Gasteiger partial charge in [0.25, 0.3) is 0 Å². The van der Waals surface area contributed by atoms with Crippen LogP contribution in [0.4, 0.5) is 5.69 Å². The number of rotatable bonds is 6. The molecule has 114 valence electrons. The van der Waals surface area contributed by atoms with Crippen LogP contribution in [0, 0.1) is 0 Å². The van der Waals surface area contributed by atoms with Crippen molar-refractivity contribution in [2.45, 2.75) is 13.8 Å². The van der Waals surface area contributed by atoms with Crippen molar-refractivity contribution in [1.82, 2.24) is 0 Å². The second kappa shape index (κ2) is 7.66.